The first-order chi connectivity index (χ1) is 7.74. The van der Waals surface area contributed by atoms with Gasteiger partial charge in [0.15, 0.2) is 0 Å². The standard InChI is InChI=1S/C11H12ClN3O/c12-10-4-2-1-3-9(10)7-14-8-11(16)15-6-5-13/h1-4,14H,6-8H2,(H,15,16). The van der Waals surface area contributed by atoms with E-state index in [2.05, 4.69) is 10.6 Å². The van der Waals surface area contributed by atoms with Crippen LogP contribution in [-0.4, -0.2) is 19.0 Å². The van der Waals surface area contributed by atoms with E-state index in [9.17, 15) is 4.79 Å². The lowest BCUT2D eigenvalue weighted by Gasteiger charge is -2.05. The van der Waals surface area contributed by atoms with Crippen molar-refractivity contribution in [1.82, 2.24) is 10.6 Å². The van der Waals surface area contributed by atoms with Crippen molar-refractivity contribution in [3.8, 4) is 6.07 Å². The van der Waals surface area contributed by atoms with Gasteiger partial charge in [-0.05, 0) is 11.6 Å². The molecule has 0 spiro atoms. The molecule has 0 unspecified atom stereocenters. The molecule has 0 saturated carbocycles. The van der Waals surface area contributed by atoms with Crippen LogP contribution in [0.5, 0.6) is 0 Å². The number of amides is 1. The zero-order valence-corrected chi connectivity index (χ0v) is 9.42. The molecule has 0 aliphatic heterocycles. The third kappa shape index (κ3) is 4.30. The zero-order valence-electron chi connectivity index (χ0n) is 8.66. The molecule has 2 N–H and O–H groups in total. The second kappa shape index (κ2) is 6.83. The molecule has 0 saturated heterocycles. The number of carbonyl (C=O) groups is 1. The van der Waals surface area contributed by atoms with Crippen molar-refractivity contribution in [1.29, 1.82) is 5.26 Å². The molecule has 0 aliphatic rings. The van der Waals surface area contributed by atoms with E-state index in [1.165, 1.54) is 0 Å². The van der Waals surface area contributed by atoms with E-state index in [4.69, 9.17) is 16.9 Å². The quantitative estimate of drug-likeness (QED) is 0.753. The molecule has 1 aromatic rings. The summed E-state index contributed by atoms with van der Waals surface area (Å²) < 4.78 is 0. The van der Waals surface area contributed by atoms with Gasteiger partial charge in [0.25, 0.3) is 0 Å². The van der Waals surface area contributed by atoms with E-state index < -0.39 is 0 Å². The van der Waals surface area contributed by atoms with Crippen LogP contribution in [0, 0.1) is 11.3 Å². The lowest BCUT2D eigenvalue weighted by atomic mass is 10.2. The van der Waals surface area contributed by atoms with Crippen molar-refractivity contribution in [3.63, 3.8) is 0 Å². The maximum Gasteiger partial charge on any atom is 0.234 e. The topological polar surface area (TPSA) is 64.9 Å². The van der Waals surface area contributed by atoms with Gasteiger partial charge in [-0.3, -0.25) is 4.79 Å². The molecule has 0 atom stereocenters. The highest BCUT2D eigenvalue weighted by Crippen LogP contribution is 2.13. The number of carbonyl (C=O) groups excluding carboxylic acids is 1. The van der Waals surface area contributed by atoms with Crippen LogP contribution < -0.4 is 10.6 Å². The van der Waals surface area contributed by atoms with Gasteiger partial charge in [0, 0.05) is 11.6 Å². The molecule has 0 heterocycles. The SMILES string of the molecule is N#CCNC(=O)CNCc1ccccc1Cl. The number of nitrogens with zero attached hydrogens (tertiary/aromatic N) is 1. The number of rotatable bonds is 5. The number of nitriles is 1. The average Bonchev–Trinajstić information content (AvgIpc) is 2.29. The van der Waals surface area contributed by atoms with Gasteiger partial charge in [-0.25, -0.2) is 0 Å². The Morgan fingerprint density at radius 3 is 2.88 bits per heavy atom. The van der Waals surface area contributed by atoms with Gasteiger partial charge in [0.2, 0.25) is 5.91 Å². The largest absolute Gasteiger partial charge is 0.342 e. The number of hydrogen-bond acceptors (Lipinski definition) is 3. The lowest BCUT2D eigenvalue weighted by molar-refractivity contribution is -0.120. The maximum absolute atomic E-state index is 11.1. The van der Waals surface area contributed by atoms with E-state index in [0.29, 0.717) is 11.6 Å². The highest BCUT2D eigenvalue weighted by molar-refractivity contribution is 6.31. The van der Waals surface area contributed by atoms with Gasteiger partial charge in [0.05, 0.1) is 12.6 Å². The zero-order chi connectivity index (χ0) is 11.8. The van der Waals surface area contributed by atoms with E-state index in [-0.39, 0.29) is 19.0 Å². The molecule has 0 fully saturated rings. The fraction of sp³-hybridized carbons (Fsp3) is 0.273. The van der Waals surface area contributed by atoms with Crippen molar-refractivity contribution in [2.75, 3.05) is 13.1 Å². The van der Waals surface area contributed by atoms with Gasteiger partial charge in [-0.1, -0.05) is 29.8 Å². The normalized spacial score (nSPS) is 9.50. The molecule has 4 nitrogen and oxygen atoms in total. The Balaban J connectivity index is 2.29. The summed E-state index contributed by atoms with van der Waals surface area (Å²) in [7, 11) is 0. The smallest absolute Gasteiger partial charge is 0.234 e. The summed E-state index contributed by atoms with van der Waals surface area (Å²) in [5.74, 6) is -0.200. The monoisotopic (exact) mass is 237 g/mol. The molecule has 84 valence electrons. The summed E-state index contributed by atoms with van der Waals surface area (Å²) in [5.41, 5.74) is 0.942. The predicted molar refractivity (Wildman–Crippen MR) is 61.8 cm³/mol. The third-order valence-electron chi connectivity index (χ3n) is 1.92. The second-order valence-electron chi connectivity index (χ2n) is 3.13. The summed E-state index contributed by atoms with van der Waals surface area (Å²) in [5, 5.41) is 14.3. The summed E-state index contributed by atoms with van der Waals surface area (Å²) in [6, 6.07) is 9.27. The highest BCUT2D eigenvalue weighted by atomic mass is 35.5. The van der Waals surface area contributed by atoms with Crippen molar-refractivity contribution >= 4 is 17.5 Å². The fourth-order valence-electron chi connectivity index (χ4n) is 1.15. The van der Waals surface area contributed by atoms with Gasteiger partial charge in [-0.2, -0.15) is 5.26 Å². The van der Waals surface area contributed by atoms with E-state index in [1.54, 1.807) is 6.07 Å². The fourth-order valence-corrected chi connectivity index (χ4v) is 1.36. The number of benzene rings is 1. The van der Waals surface area contributed by atoms with Gasteiger partial charge < -0.3 is 10.6 Å². The molecule has 1 aromatic carbocycles. The van der Waals surface area contributed by atoms with Crippen LogP contribution in [0.2, 0.25) is 5.02 Å². The first kappa shape index (κ1) is 12.5. The molecule has 0 aromatic heterocycles. The number of halogens is 1. The predicted octanol–water partition coefficient (Wildman–Crippen LogP) is 1.07. The van der Waals surface area contributed by atoms with Crippen molar-refractivity contribution < 1.29 is 4.79 Å². The summed E-state index contributed by atoms with van der Waals surface area (Å²) >= 11 is 5.94. The Morgan fingerprint density at radius 2 is 2.19 bits per heavy atom. The van der Waals surface area contributed by atoms with Crippen LogP contribution in [0.25, 0.3) is 0 Å². The van der Waals surface area contributed by atoms with E-state index >= 15 is 0 Å². The molecular weight excluding hydrogens is 226 g/mol. The van der Waals surface area contributed by atoms with Crippen LogP contribution in [-0.2, 0) is 11.3 Å². The molecule has 1 amide bonds. The number of nitrogens with one attached hydrogen (secondary N) is 2. The van der Waals surface area contributed by atoms with Crippen molar-refractivity contribution in [2.45, 2.75) is 6.54 Å². The molecule has 16 heavy (non-hydrogen) atoms. The maximum atomic E-state index is 11.1. The Morgan fingerprint density at radius 1 is 1.44 bits per heavy atom. The molecule has 0 radical (unpaired) electrons. The second-order valence-corrected chi connectivity index (χ2v) is 3.54. The van der Waals surface area contributed by atoms with Crippen molar-refractivity contribution in [3.05, 3.63) is 34.9 Å². The average molecular weight is 238 g/mol. The first-order valence-electron chi connectivity index (χ1n) is 4.82. The minimum Gasteiger partial charge on any atom is -0.342 e. The summed E-state index contributed by atoms with van der Waals surface area (Å²) in [6.07, 6.45) is 0. The molecule has 0 aliphatic carbocycles. The molecule has 1 rings (SSSR count). The van der Waals surface area contributed by atoms with Gasteiger partial charge in [0.1, 0.15) is 6.54 Å². The van der Waals surface area contributed by atoms with Gasteiger partial charge in [-0.15, -0.1) is 0 Å². The van der Waals surface area contributed by atoms with Crippen LogP contribution in [0.15, 0.2) is 24.3 Å². The Hall–Kier alpha value is -1.57. The molecular formula is C11H12ClN3O. The minimum atomic E-state index is -0.200. The molecule has 0 bridgehead atoms. The van der Waals surface area contributed by atoms with Crippen LogP contribution in [0.1, 0.15) is 5.56 Å². The minimum absolute atomic E-state index is 0.0343. The first-order valence-corrected chi connectivity index (χ1v) is 5.19. The van der Waals surface area contributed by atoms with E-state index in [1.807, 2.05) is 24.3 Å². The van der Waals surface area contributed by atoms with Crippen LogP contribution in [0.3, 0.4) is 0 Å². The van der Waals surface area contributed by atoms with Crippen LogP contribution >= 0.6 is 11.6 Å². The summed E-state index contributed by atoms with van der Waals surface area (Å²) in [4.78, 5) is 11.1. The Labute approximate surface area is 99.2 Å². The van der Waals surface area contributed by atoms with E-state index in [0.717, 1.165) is 5.56 Å². The Bertz CT molecular complexity index is 400. The highest BCUT2D eigenvalue weighted by Gasteiger charge is 2.01. The van der Waals surface area contributed by atoms with Crippen molar-refractivity contribution in [2.24, 2.45) is 0 Å². The summed E-state index contributed by atoms with van der Waals surface area (Å²) in [6.45, 7) is 0.735. The third-order valence-corrected chi connectivity index (χ3v) is 2.29. The lowest BCUT2D eigenvalue weighted by Crippen LogP contribution is -2.33. The number of hydrogen-bond donors (Lipinski definition) is 2. The van der Waals surface area contributed by atoms with Gasteiger partial charge >= 0.3 is 0 Å². The Kier molecular flexibility index (Phi) is 5.34. The van der Waals surface area contributed by atoms with Crippen LogP contribution in [0.4, 0.5) is 0 Å². The molecule has 5 heteroatoms.